The number of rotatable bonds is 40. The van der Waals surface area contributed by atoms with E-state index in [2.05, 4.69) is 26.0 Å². The summed E-state index contributed by atoms with van der Waals surface area (Å²) in [6, 6.07) is 0. The zero-order valence-corrected chi connectivity index (χ0v) is 34.3. The molecule has 3 atom stereocenters. The lowest BCUT2D eigenvalue weighted by molar-refractivity contribution is -0.161. The van der Waals surface area contributed by atoms with Crippen LogP contribution in [-0.4, -0.2) is 60.5 Å². The number of hydrogen-bond acceptors (Lipinski definition) is 9. The topological polar surface area (TPSA) is 155 Å². The van der Waals surface area contributed by atoms with Crippen LogP contribution in [-0.2, 0) is 32.7 Å². The molecular weight excluding hydrogens is 681 g/mol. The van der Waals surface area contributed by atoms with Crippen LogP contribution in [0.1, 0.15) is 200 Å². The van der Waals surface area contributed by atoms with E-state index in [1.54, 1.807) is 0 Å². The summed E-state index contributed by atoms with van der Waals surface area (Å²) in [6.45, 7) is 3.62. The molecule has 0 amide bonds. The van der Waals surface area contributed by atoms with Crippen molar-refractivity contribution < 1.29 is 42.7 Å². The van der Waals surface area contributed by atoms with Gasteiger partial charge in [0, 0.05) is 19.4 Å². The zero-order chi connectivity index (χ0) is 38.4. The highest BCUT2D eigenvalue weighted by atomic mass is 31.2. The van der Waals surface area contributed by atoms with Crippen molar-refractivity contribution in [2.75, 3.05) is 26.4 Å². The van der Waals surface area contributed by atoms with Crippen molar-refractivity contribution in [2.24, 2.45) is 5.73 Å². The van der Waals surface area contributed by atoms with E-state index < -0.39 is 32.5 Å². The van der Waals surface area contributed by atoms with Gasteiger partial charge in [0.1, 0.15) is 6.61 Å². The van der Waals surface area contributed by atoms with Gasteiger partial charge in [0.05, 0.1) is 19.3 Å². The predicted molar refractivity (Wildman–Crippen MR) is 212 cm³/mol. The van der Waals surface area contributed by atoms with Crippen molar-refractivity contribution in [2.45, 2.75) is 212 Å². The summed E-state index contributed by atoms with van der Waals surface area (Å²) in [4.78, 5) is 34.8. The predicted octanol–water partition coefficient (Wildman–Crippen LogP) is 10.8. The van der Waals surface area contributed by atoms with Crippen molar-refractivity contribution in [3.63, 3.8) is 0 Å². The number of carbonyl (C=O) groups is 2. The average Bonchev–Trinajstić information content (AvgIpc) is 3.12. The van der Waals surface area contributed by atoms with E-state index in [-0.39, 0.29) is 38.7 Å². The number of phosphoric ester groups is 1. The van der Waals surface area contributed by atoms with Gasteiger partial charge in [-0.15, -0.1) is 0 Å². The first-order valence-corrected chi connectivity index (χ1v) is 22.7. The summed E-state index contributed by atoms with van der Waals surface area (Å²) in [5.74, 6) is -0.873. The maximum atomic E-state index is 12.6. The van der Waals surface area contributed by atoms with E-state index in [4.69, 9.17) is 24.3 Å². The Bertz CT molecular complexity index is 888. The molecule has 0 bridgehead atoms. The van der Waals surface area contributed by atoms with Gasteiger partial charge in [-0.1, -0.05) is 161 Å². The Labute approximate surface area is 318 Å². The number of aliphatic hydroxyl groups is 1. The molecule has 0 aliphatic rings. The molecule has 0 aliphatic carbocycles. The molecule has 0 heterocycles. The maximum absolute atomic E-state index is 12.6. The molecule has 0 aliphatic heterocycles. The number of unbranched alkanes of at least 4 members (excludes halogenated alkanes) is 22. The third kappa shape index (κ3) is 37.0. The lowest BCUT2D eigenvalue weighted by Crippen LogP contribution is -2.29. The van der Waals surface area contributed by atoms with E-state index in [1.807, 2.05) is 0 Å². The number of aliphatic hydroxyl groups excluding tert-OH is 1. The normalized spacial score (nSPS) is 14.0. The number of ether oxygens (including phenoxy) is 2. The van der Waals surface area contributed by atoms with Gasteiger partial charge in [-0.25, -0.2) is 4.57 Å². The fourth-order valence-corrected chi connectivity index (χ4v) is 6.77. The van der Waals surface area contributed by atoms with Gasteiger partial charge in [0.2, 0.25) is 0 Å². The highest BCUT2D eigenvalue weighted by Crippen LogP contribution is 2.43. The van der Waals surface area contributed by atoms with Crippen LogP contribution in [0, 0.1) is 0 Å². The Morgan fingerprint density at radius 3 is 1.65 bits per heavy atom. The summed E-state index contributed by atoms with van der Waals surface area (Å²) < 4.78 is 32.7. The van der Waals surface area contributed by atoms with Gasteiger partial charge in [-0.05, 0) is 38.5 Å². The second-order valence-corrected chi connectivity index (χ2v) is 15.9. The number of carbonyl (C=O) groups excluding carboxylic acids is 2. The first-order valence-electron chi connectivity index (χ1n) is 21.2. The molecule has 4 N–H and O–H groups in total. The Hall–Kier alpha value is -1.29. The van der Waals surface area contributed by atoms with E-state index >= 15 is 0 Å². The summed E-state index contributed by atoms with van der Waals surface area (Å²) in [6.07, 6.45) is 33.9. The third-order valence-corrected chi connectivity index (χ3v) is 10.2. The van der Waals surface area contributed by atoms with Crippen LogP contribution in [0.15, 0.2) is 12.2 Å². The lowest BCUT2D eigenvalue weighted by Gasteiger charge is -2.19. The van der Waals surface area contributed by atoms with Crippen LogP contribution in [0.4, 0.5) is 0 Å². The molecule has 10 nitrogen and oxygen atoms in total. The second-order valence-electron chi connectivity index (χ2n) is 14.4. The fourth-order valence-electron chi connectivity index (χ4n) is 6.00. The SMILES string of the molecule is CCCCC/C=C/CC(O)CCCCCCCCC(=O)OC(COC(=O)CCCCCCCCCCCCCCCCC)COP(=O)(O)OCCN. The Morgan fingerprint density at radius 2 is 1.12 bits per heavy atom. The van der Waals surface area contributed by atoms with Crippen molar-refractivity contribution in [3.05, 3.63) is 12.2 Å². The summed E-state index contributed by atoms with van der Waals surface area (Å²) in [7, 11) is -4.39. The number of hydrogen-bond donors (Lipinski definition) is 3. The molecule has 0 aromatic heterocycles. The Balaban J connectivity index is 4.20. The molecule has 0 aromatic carbocycles. The first-order chi connectivity index (χ1) is 25.2. The van der Waals surface area contributed by atoms with Gasteiger partial charge in [-0.2, -0.15) is 0 Å². The molecule has 3 unspecified atom stereocenters. The average molecular weight is 762 g/mol. The summed E-state index contributed by atoms with van der Waals surface area (Å²) in [5, 5.41) is 10.2. The van der Waals surface area contributed by atoms with Crippen LogP contribution >= 0.6 is 7.82 Å². The monoisotopic (exact) mass is 762 g/mol. The van der Waals surface area contributed by atoms with Crippen molar-refractivity contribution in [1.82, 2.24) is 0 Å². The Kier molecular flexibility index (Phi) is 37.1. The minimum atomic E-state index is -4.39. The molecule has 0 spiro atoms. The molecular formula is C41H80NO9P. The molecule has 0 rings (SSSR count). The molecule has 0 fully saturated rings. The molecule has 11 heteroatoms. The highest BCUT2D eigenvalue weighted by Gasteiger charge is 2.26. The highest BCUT2D eigenvalue weighted by molar-refractivity contribution is 7.47. The maximum Gasteiger partial charge on any atom is 0.472 e. The lowest BCUT2D eigenvalue weighted by atomic mass is 10.0. The first kappa shape index (κ1) is 50.7. The van der Waals surface area contributed by atoms with Gasteiger partial charge in [0.25, 0.3) is 0 Å². The third-order valence-electron chi connectivity index (χ3n) is 9.23. The number of nitrogens with two attached hydrogens (primary N) is 1. The zero-order valence-electron chi connectivity index (χ0n) is 33.4. The standard InChI is InChI=1S/C41H80NO9P/c1-3-5-7-9-11-12-13-14-15-16-17-18-19-24-28-32-40(44)48-36-39(37-50-52(46,47)49-35-34-42)51-41(45)33-29-25-21-20-23-27-31-38(43)30-26-22-10-8-6-4-2/h22,26,38-39,43H,3-21,23-25,27-37,42H2,1-2H3,(H,46,47)/b26-22+. The van der Waals surface area contributed by atoms with Crippen LogP contribution < -0.4 is 5.73 Å². The number of esters is 2. The summed E-state index contributed by atoms with van der Waals surface area (Å²) >= 11 is 0. The number of allylic oxidation sites excluding steroid dienone is 1. The molecule has 52 heavy (non-hydrogen) atoms. The summed E-state index contributed by atoms with van der Waals surface area (Å²) in [5.41, 5.74) is 5.34. The minimum Gasteiger partial charge on any atom is -0.462 e. The molecule has 0 saturated carbocycles. The van der Waals surface area contributed by atoms with E-state index in [0.717, 1.165) is 70.6 Å². The minimum absolute atomic E-state index is 0.0437. The van der Waals surface area contributed by atoms with Gasteiger partial charge in [-0.3, -0.25) is 18.6 Å². The number of phosphoric acid groups is 1. The molecule has 308 valence electrons. The smallest absolute Gasteiger partial charge is 0.462 e. The van der Waals surface area contributed by atoms with Crippen LogP contribution in [0.2, 0.25) is 0 Å². The van der Waals surface area contributed by atoms with Crippen LogP contribution in [0.25, 0.3) is 0 Å². The van der Waals surface area contributed by atoms with Crippen molar-refractivity contribution >= 4 is 19.8 Å². The molecule has 0 saturated heterocycles. The van der Waals surface area contributed by atoms with Gasteiger partial charge >= 0.3 is 19.8 Å². The van der Waals surface area contributed by atoms with Gasteiger partial charge in [0.15, 0.2) is 6.10 Å². The van der Waals surface area contributed by atoms with Crippen LogP contribution in [0.3, 0.4) is 0 Å². The van der Waals surface area contributed by atoms with Crippen molar-refractivity contribution in [3.8, 4) is 0 Å². The largest absolute Gasteiger partial charge is 0.472 e. The van der Waals surface area contributed by atoms with Gasteiger partial charge < -0.3 is 25.2 Å². The molecule has 0 radical (unpaired) electrons. The van der Waals surface area contributed by atoms with E-state index in [9.17, 15) is 24.2 Å². The second kappa shape index (κ2) is 38.0. The molecule has 0 aromatic rings. The quantitative estimate of drug-likeness (QED) is 0.0238. The van der Waals surface area contributed by atoms with E-state index in [1.165, 1.54) is 96.3 Å². The van der Waals surface area contributed by atoms with E-state index in [0.29, 0.717) is 6.42 Å². The van der Waals surface area contributed by atoms with Crippen molar-refractivity contribution in [1.29, 1.82) is 0 Å². The van der Waals surface area contributed by atoms with Crippen LogP contribution in [0.5, 0.6) is 0 Å². The fraction of sp³-hybridized carbons (Fsp3) is 0.902. The Morgan fingerprint density at radius 1 is 0.635 bits per heavy atom.